The van der Waals surface area contributed by atoms with E-state index in [4.69, 9.17) is 4.74 Å². The molecule has 25 heavy (non-hydrogen) atoms. The van der Waals surface area contributed by atoms with E-state index < -0.39 is 6.10 Å². The lowest BCUT2D eigenvalue weighted by Crippen LogP contribution is -2.40. The lowest BCUT2D eigenvalue weighted by Gasteiger charge is -2.32. The predicted molar refractivity (Wildman–Crippen MR) is 92.2 cm³/mol. The van der Waals surface area contributed by atoms with Crippen LogP contribution < -0.4 is 4.74 Å². The molecule has 3 rings (SSSR count). The molecule has 1 aliphatic heterocycles. The molecule has 2 heterocycles. The Balaban J connectivity index is 1.57. The van der Waals surface area contributed by atoms with Gasteiger partial charge in [-0.15, -0.1) is 5.10 Å². The van der Waals surface area contributed by atoms with Crippen molar-refractivity contribution >= 4 is 5.91 Å². The van der Waals surface area contributed by atoms with Crippen molar-refractivity contribution in [2.24, 2.45) is 0 Å². The van der Waals surface area contributed by atoms with Gasteiger partial charge in [-0.1, -0.05) is 23.4 Å². The summed E-state index contributed by atoms with van der Waals surface area (Å²) in [5.74, 6) is 0.866. The molecule has 134 valence electrons. The molecule has 0 aliphatic carbocycles. The molecule has 1 fully saturated rings. The Hall–Kier alpha value is -2.41. The minimum atomic E-state index is -0.615. The van der Waals surface area contributed by atoms with E-state index in [-0.39, 0.29) is 11.9 Å². The number of ether oxygens (including phenoxy) is 1. The Morgan fingerprint density at radius 1 is 1.36 bits per heavy atom. The van der Waals surface area contributed by atoms with Gasteiger partial charge in [-0.2, -0.15) is 0 Å². The number of methoxy groups -OCH3 is 1. The molecule has 1 aliphatic rings. The van der Waals surface area contributed by atoms with E-state index in [1.807, 2.05) is 33.8 Å². The van der Waals surface area contributed by atoms with Gasteiger partial charge in [0.15, 0.2) is 0 Å². The van der Waals surface area contributed by atoms with Gasteiger partial charge in [0.25, 0.3) is 0 Å². The lowest BCUT2D eigenvalue weighted by molar-refractivity contribution is -0.131. The fourth-order valence-electron chi connectivity index (χ4n) is 3.16. The minimum absolute atomic E-state index is 0.117. The third-order valence-corrected chi connectivity index (χ3v) is 4.68. The molecule has 1 saturated heterocycles. The first kappa shape index (κ1) is 17.4. The van der Waals surface area contributed by atoms with E-state index in [0.717, 1.165) is 24.2 Å². The molecular formula is C18H24N4O3. The zero-order valence-electron chi connectivity index (χ0n) is 14.6. The van der Waals surface area contributed by atoms with Crippen molar-refractivity contribution in [3.8, 4) is 5.75 Å². The molecule has 1 amide bonds. The molecule has 1 aromatic heterocycles. The number of hydrogen-bond donors (Lipinski definition) is 1. The fourth-order valence-corrected chi connectivity index (χ4v) is 3.16. The van der Waals surface area contributed by atoms with Crippen LogP contribution in [0, 0.1) is 0 Å². The van der Waals surface area contributed by atoms with Crippen molar-refractivity contribution in [2.45, 2.75) is 38.3 Å². The number of likely N-dealkylation sites (tertiary alicyclic amines) is 1. The minimum Gasteiger partial charge on any atom is -0.496 e. The van der Waals surface area contributed by atoms with Crippen molar-refractivity contribution in [1.29, 1.82) is 0 Å². The molecule has 7 heteroatoms. The number of carbonyl (C=O) groups is 1. The number of piperidine rings is 1. The summed E-state index contributed by atoms with van der Waals surface area (Å²) in [6, 6.07) is 7.84. The SMILES string of the molecule is COc1ccccc1CC(=O)N1CCC(n2cc([C@@H](C)O)nn2)CC1. The first-order chi connectivity index (χ1) is 12.1. The van der Waals surface area contributed by atoms with Crippen LogP contribution in [0.4, 0.5) is 0 Å². The van der Waals surface area contributed by atoms with Gasteiger partial charge in [-0.25, -0.2) is 4.68 Å². The average Bonchev–Trinajstić information content (AvgIpc) is 3.13. The Morgan fingerprint density at radius 3 is 2.72 bits per heavy atom. The van der Waals surface area contributed by atoms with Crippen LogP contribution >= 0.6 is 0 Å². The highest BCUT2D eigenvalue weighted by Gasteiger charge is 2.25. The molecule has 2 aromatic rings. The number of carbonyl (C=O) groups excluding carboxylic acids is 1. The second kappa shape index (κ2) is 7.65. The first-order valence-electron chi connectivity index (χ1n) is 8.58. The summed E-state index contributed by atoms with van der Waals surface area (Å²) < 4.78 is 7.13. The van der Waals surface area contributed by atoms with Gasteiger partial charge in [0.2, 0.25) is 5.91 Å². The van der Waals surface area contributed by atoms with E-state index in [9.17, 15) is 9.90 Å². The van der Waals surface area contributed by atoms with Crippen LogP contribution in [0.15, 0.2) is 30.5 Å². The summed E-state index contributed by atoms with van der Waals surface area (Å²) in [6.07, 6.45) is 3.20. The summed E-state index contributed by atoms with van der Waals surface area (Å²) in [4.78, 5) is 14.5. The fraction of sp³-hybridized carbons (Fsp3) is 0.500. The number of hydrogen-bond acceptors (Lipinski definition) is 5. The maximum Gasteiger partial charge on any atom is 0.227 e. The first-order valence-corrected chi connectivity index (χ1v) is 8.58. The number of amides is 1. The number of benzene rings is 1. The number of aromatic nitrogens is 3. The third-order valence-electron chi connectivity index (χ3n) is 4.68. The Labute approximate surface area is 147 Å². The maximum absolute atomic E-state index is 12.6. The van der Waals surface area contributed by atoms with E-state index in [1.54, 1.807) is 20.2 Å². The van der Waals surface area contributed by atoms with Crippen LogP contribution in [-0.2, 0) is 11.2 Å². The smallest absolute Gasteiger partial charge is 0.227 e. The predicted octanol–water partition coefficient (Wildman–Crippen LogP) is 1.75. The number of rotatable bonds is 5. The topological polar surface area (TPSA) is 80.5 Å². The summed E-state index contributed by atoms with van der Waals surface area (Å²) in [5.41, 5.74) is 1.49. The van der Waals surface area contributed by atoms with Crippen LogP contribution in [0.2, 0.25) is 0 Å². The van der Waals surface area contributed by atoms with E-state index >= 15 is 0 Å². The monoisotopic (exact) mass is 344 g/mol. The molecule has 1 atom stereocenters. The number of para-hydroxylation sites is 1. The van der Waals surface area contributed by atoms with Gasteiger partial charge in [-0.3, -0.25) is 4.79 Å². The van der Waals surface area contributed by atoms with Crippen molar-refractivity contribution in [3.63, 3.8) is 0 Å². The largest absolute Gasteiger partial charge is 0.496 e. The normalized spacial score (nSPS) is 16.7. The summed E-state index contributed by atoms with van der Waals surface area (Å²) in [7, 11) is 1.62. The average molecular weight is 344 g/mol. The summed E-state index contributed by atoms with van der Waals surface area (Å²) >= 11 is 0. The van der Waals surface area contributed by atoms with E-state index in [1.165, 1.54) is 0 Å². The van der Waals surface area contributed by atoms with Crippen molar-refractivity contribution in [3.05, 3.63) is 41.7 Å². The second-order valence-corrected chi connectivity index (χ2v) is 6.40. The van der Waals surface area contributed by atoms with Crippen LogP contribution in [0.25, 0.3) is 0 Å². The highest BCUT2D eigenvalue weighted by molar-refractivity contribution is 5.79. The van der Waals surface area contributed by atoms with Gasteiger partial charge in [-0.05, 0) is 25.8 Å². The maximum atomic E-state index is 12.6. The lowest BCUT2D eigenvalue weighted by atomic mass is 10.0. The zero-order chi connectivity index (χ0) is 17.8. The van der Waals surface area contributed by atoms with Crippen LogP contribution in [0.1, 0.15) is 43.2 Å². The van der Waals surface area contributed by atoms with Crippen LogP contribution in [0.3, 0.4) is 0 Å². The molecule has 0 bridgehead atoms. The van der Waals surface area contributed by atoms with Crippen LogP contribution in [-0.4, -0.2) is 51.1 Å². The molecule has 1 N–H and O–H groups in total. The zero-order valence-corrected chi connectivity index (χ0v) is 14.6. The molecule has 0 radical (unpaired) electrons. The quantitative estimate of drug-likeness (QED) is 0.894. The third kappa shape index (κ3) is 3.99. The van der Waals surface area contributed by atoms with Gasteiger partial charge in [0.1, 0.15) is 11.4 Å². The second-order valence-electron chi connectivity index (χ2n) is 6.40. The standard InChI is InChI=1S/C18H24N4O3/c1-13(23)16-12-22(20-19-16)15-7-9-21(10-8-15)18(24)11-14-5-3-4-6-17(14)25-2/h3-6,12-13,15,23H,7-11H2,1-2H3/t13-/m1/s1. The molecule has 0 spiro atoms. The number of nitrogens with zero attached hydrogens (tertiary/aromatic N) is 4. The molecule has 1 aromatic carbocycles. The van der Waals surface area contributed by atoms with Gasteiger partial charge < -0.3 is 14.7 Å². The van der Waals surface area contributed by atoms with Crippen LogP contribution in [0.5, 0.6) is 5.75 Å². The Morgan fingerprint density at radius 2 is 2.08 bits per heavy atom. The van der Waals surface area contributed by atoms with Gasteiger partial charge in [0.05, 0.1) is 31.9 Å². The Kier molecular flexibility index (Phi) is 5.33. The number of aliphatic hydroxyl groups is 1. The number of aliphatic hydroxyl groups excluding tert-OH is 1. The van der Waals surface area contributed by atoms with Crippen molar-refractivity contribution in [1.82, 2.24) is 19.9 Å². The molecule has 0 saturated carbocycles. The highest BCUT2D eigenvalue weighted by Crippen LogP contribution is 2.24. The van der Waals surface area contributed by atoms with Gasteiger partial charge >= 0.3 is 0 Å². The highest BCUT2D eigenvalue weighted by atomic mass is 16.5. The van der Waals surface area contributed by atoms with E-state index in [0.29, 0.717) is 25.2 Å². The van der Waals surface area contributed by atoms with Gasteiger partial charge in [0, 0.05) is 18.7 Å². The molecular weight excluding hydrogens is 320 g/mol. The Bertz CT molecular complexity index is 721. The van der Waals surface area contributed by atoms with Crippen molar-refractivity contribution < 1.29 is 14.6 Å². The van der Waals surface area contributed by atoms with E-state index in [2.05, 4.69) is 10.3 Å². The summed E-state index contributed by atoms with van der Waals surface area (Å²) in [6.45, 7) is 3.07. The van der Waals surface area contributed by atoms with Crippen molar-refractivity contribution in [2.75, 3.05) is 20.2 Å². The molecule has 0 unspecified atom stereocenters. The molecule has 7 nitrogen and oxygen atoms in total. The summed E-state index contributed by atoms with van der Waals surface area (Å²) in [5, 5.41) is 17.7.